The van der Waals surface area contributed by atoms with Crippen LogP contribution >= 0.6 is 0 Å². The van der Waals surface area contributed by atoms with Gasteiger partial charge in [0.15, 0.2) is 18.1 Å². The molecule has 0 aliphatic carbocycles. The molecule has 0 saturated carbocycles. The van der Waals surface area contributed by atoms with Gasteiger partial charge in [-0.25, -0.2) is 4.79 Å². The predicted molar refractivity (Wildman–Crippen MR) is 177 cm³/mol. The minimum Gasteiger partial charge on any atom is -0.493 e. The lowest BCUT2D eigenvalue weighted by Gasteiger charge is -2.36. The van der Waals surface area contributed by atoms with Crippen molar-refractivity contribution in [2.75, 3.05) is 47.6 Å². The van der Waals surface area contributed by atoms with E-state index >= 15 is 0 Å². The Balaban J connectivity index is 1.82. The first-order valence-electron chi connectivity index (χ1n) is 16.3. The molecule has 2 atom stereocenters. The lowest BCUT2D eigenvalue weighted by molar-refractivity contribution is -0.164. The monoisotopic (exact) mass is 654 g/mol. The molecule has 1 heterocycles. The molecule has 0 aromatic heterocycles. The first-order chi connectivity index (χ1) is 22.5. The first-order valence-corrected chi connectivity index (χ1v) is 16.3. The third-order valence-corrected chi connectivity index (χ3v) is 8.58. The maximum absolute atomic E-state index is 13.8. The van der Waals surface area contributed by atoms with Crippen molar-refractivity contribution < 1.29 is 42.9 Å². The van der Waals surface area contributed by atoms with Crippen molar-refractivity contribution in [3.8, 4) is 17.2 Å². The first kappa shape index (κ1) is 37.3. The summed E-state index contributed by atoms with van der Waals surface area (Å²) in [5, 5.41) is 2.79. The number of amides is 2. The van der Waals surface area contributed by atoms with E-state index in [1.165, 1.54) is 4.90 Å². The fourth-order valence-corrected chi connectivity index (χ4v) is 5.30. The molecule has 47 heavy (non-hydrogen) atoms. The van der Waals surface area contributed by atoms with E-state index in [0.717, 1.165) is 12.0 Å². The molecule has 2 amide bonds. The molecule has 1 aliphatic heterocycles. The van der Waals surface area contributed by atoms with E-state index < -0.39 is 35.2 Å². The highest BCUT2D eigenvalue weighted by Crippen LogP contribution is 2.32. The lowest BCUT2D eigenvalue weighted by atomic mass is 9.84. The Morgan fingerprint density at radius 1 is 1.00 bits per heavy atom. The summed E-state index contributed by atoms with van der Waals surface area (Å²) in [5.74, 6) is -0.317. The van der Waals surface area contributed by atoms with Crippen LogP contribution in [-0.2, 0) is 35.1 Å². The molecule has 0 spiro atoms. The summed E-state index contributed by atoms with van der Waals surface area (Å²) in [7, 11) is 4.75. The number of Topliss-reactive ketones (excluding diaryl/α,β-unsaturated/α-hetero) is 1. The smallest absolute Gasteiger partial charge is 0.329 e. The van der Waals surface area contributed by atoms with Crippen LogP contribution in [0.4, 0.5) is 0 Å². The molecular formula is C36H50N2O9. The molecule has 2 aromatic rings. The lowest BCUT2D eigenvalue weighted by Crippen LogP contribution is -2.53. The van der Waals surface area contributed by atoms with Crippen LogP contribution < -0.4 is 19.5 Å². The number of hydrogen-bond donors (Lipinski definition) is 1. The number of benzene rings is 2. The van der Waals surface area contributed by atoms with Crippen molar-refractivity contribution in [1.82, 2.24) is 10.2 Å². The fourth-order valence-electron chi connectivity index (χ4n) is 5.30. The van der Waals surface area contributed by atoms with E-state index in [-0.39, 0.29) is 12.5 Å². The number of ether oxygens (including phenoxy) is 5. The zero-order valence-electron chi connectivity index (χ0n) is 28.6. The van der Waals surface area contributed by atoms with Crippen LogP contribution in [0.2, 0.25) is 0 Å². The Labute approximate surface area is 278 Å². The molecule has 2 aromatic carbocycles. The zero-order chi connectivity index (χ0) is 34.4. The van der Waals surface area contributed by atoms with Crippen molar-refractivity contribution in [2.45, 2.75) is 77.9 Å². The van der Waals surface area contributed by atoms with E-state index in [4.69, 9.17) is 23.7 Å². The maximum Gasteiger partial charge on any atom is 0.329 e. The number of piperidine rings is 1. The number of nitrogens with one attached hydrogen (secondary N) is 1. The zero-order valence-corrected chi connectivity index (χ0v) is 28.6. The van der Waals surface area contributed by atoms with Crippen LogP contribution in [-0.4, -0.2) is 82.1 Å². The van der Waals surface area contributed by atoms with Crippen LogP contribution in [0.5, 0.6) is 17.2 Å². The van der Waals surface area contributed by atoms with Gasteiger partial charge in [-0.2, -0.15) is 0 Å². The normalized spacial score (nSPS) is 15.4. The fraction of sp³-hybridized carbons (Fsp3) is 0.556. The average molecular weight is 655 g/mol. The van der Waals surface area contributed by atoms with Gasteiger partial charge in [0.25, 0.3) is 11.8 Å². The Morgan fingerprint density at radius 2 is 1.77 bits per heavy atom. The van der Waals surface area contributed by atoms with E-state index in [9.17, 15) is 19.2 Å². The summed E-state index contributed by atoms with van der Waals surface area (Å²) in [5.41, 5.74) is 0.795. The molecule has 0 bridgehead atoms. The maximum atomic E-state index is 13.8. The third kappa shape index (κ3) is 10.7. The number of nitrogens with zero attached hydrogens (tertiary/aromatic N) is 1. The number of methoxy groups -OCH3 is 3. The summed E-state index contributed by atoms with van der Waals surface area (Å²) in [6.45, 7) is 6.52. The quantitative estimate of drug-likeness (QED) is 0.136. The van der Waals surface area contributed by atoms with Gasteiger partial charge in [-0.1, -0.05) is 39.0 Å². The highest BCUT2D eigenvalue weighted by molar-refractivity contribution is 6.38. The van der Waals surface area contributed by atoms with Gasteiger partial charge in [-0.05, 0) is 80.3 Å². The van der Waals surface area contributed by atoms with Gasteiger partial charge >= 0.3 is 5.97 Å². The largest absolute Gasteiger partial charge is 0.493 e. The summed E-state index contributed by atoms with van der Waals surface area (Å²) in [6, 6.07) is 11.9. The highest BCUT2D eigenvalue weighted by atomic mass is 16.5. The van der Waals surface area contributed by atoms with E-state index in [2.05, 4.69) is 5.32 Å². The van der Waals surface area contributed by atoms with Crippen molar-refractivity contribution in [1.29, 1.82) is 0 Å². The Kier molecular flexibility index (Phi) is 14.5. The molecule has 1 fully saturated rings. The molecular weight excluding hydrogens is 604 g/mol. The van der Waals surface area contributed by atoms with Crippen molar-refractivity contribution >= 4 is 23.6 Å². The summed E-state index contributed by atoms with van der Waals surface area (Å²) < 4.78 is 27.8. The highest BCUT2D eigenvalue weighted by Gasteiger charge is 2.41. The number of carbonyl (C=O) groups is 4. The van der Waals surface area contributed by atoms with Gasteiger partial charge in [0.2, 0.25) is 5.78 Å². The molecule has 0 radical (unpaired) electrons. The van der Waals surface area contributed by atoms with E-state index in [1.807, 2.05) is 31.2 Å². The Bertz CT molecular complexity index is 1360. The molecule has 1 N–H and O–H groups in total. The average Bonchev–Trinajstić information content (AvgIpc) is 3.10. The molecule has 11 nitrogen and oxygen atoms in total. The van der Waals surface area contributed by atoms with Crippen molar-refractivity contribution in [2.24, 2.45) is 5.41 Å². The number of aryl methyl sites for hydroxylation is 1. The second kappa shape index (κ2) is 18.3. The Hall–Kier alpha value is -4.12. The van der Waals surface area contributed by atoms with E-state index in [1.54, 1.807) is 53.4 Å². The minimum absolute atomic E-state index is 0.173. The summed E-state index contributed by atoms with van der Waals surface area (Å²) >= 11 is 0. The number of rotatable bonds is 18. The number of hydrogen-bond acceptors (Lipinski definition) is 9. The molecule has 0 unspecified atom stereocenters. The van der Waals surface area contributed by atoms with Crippen molar-refractivity contribution in [3.63, 3.8) is 0 Å². The van der Waals surface area contributed by atoms with Gasteiger partial charge < -0.3 is 33.9 Å². The Morgan fingerprint density at radius 3 is 2.47 bits per heavy atom. The van der Waals surface area contributed by atoms with Gasteiger partial charge in [-0.15, -0.1) is 0 Å². The number of ketones is 1. The number of carbonyl (C=O) groups excluding carboxylic acids is 4. The topological polar surface area (TPSA) is 130 Å². The van der Waals surface area contributed by atoms with Crippen LogP contribution in [0.3, 0.4) is 0 Å². The third-order valence-electron chi connectivity index (χ3n) is 8.58. The van der Waals surface area contributed by atoms with Crippen LogP contribution in [0, 0.1) is 5.41 Å². The molecule has 258 valence electrons. The molecule has 1 saturated heterocycles. The van der Waals surface area contributed by atoms with Gasteiger partial charge in [0, 0.05) is 32.2 Å². The number of likely N-dealkylation sites (tertiary alicyclic amines) is 1. The summed E-state index contributed by atoms with van der Waals surface area (Å²) in [6.07, 6.45) is 3.29. The van der Waals surface area contributed by atoms with Gasteiger partial charge in [0.1, 0.15) is 17.9 Å². The number of esters is 1. The van der Waals surface area contributed by atoms with E-state index in [0.29, 0.717) is 81.0 Å². The SMILES string of the molecule is CCC(C)(C)C(=O)C(=O)N1CCCC[C@H]1C(=O)O[C@H](CCc1ccc(OC)c(OC)c1)c1cccc(OCC(=O)NCCCOC)c1. The van der Waals surface area contributed by atoms with Gasteiger partial charge in [-0.3, -0.25) is 14.4 Å². The van der Waals surface area contributed by atoms with Crippen LogP contribution in [0.15, 0.2) is 42.5 Å². The molecule has 11 heteroatoms. The summed E-state index contributed by atoms with van der Waals surface area (Å²) in [4.78, 5) is 53.9. The van der Waals surface area contributed by atoms with Gasteiger partial charge in [0.05, 0.1) is 14.2 Å². The second-order valence-electron chi connectivity index (χ2n) is 12.3. The van der Waals surface area contributed by atoms with Crippen LogP contribution in [0.25, 0.3) is 0 Å². The molecule has 3 rings (SSSR count). The standard InChI is InChI=1S/C36H50N2O9/c1-7-36(2,3)33(40)34(41)38-20-9-8-14-28(38)35(42)47-29(17-15-25-16-18-30(44-5)31(22-25)45-6)26-12-10-13-27(23-26)46-24-32(39)37-19-11-21-43-4/h10,12-13,16,18,22-23,28-29H,7-9,11,14-15,17,19-21,24H2,1-6H3,(H,37,39)/t28-,29+/m0/s1. The molecule has 1 aliphatic rings. The minimum atomic E-state index is -0.863. The predicted octanol–water partition coefficient (Wildman–Crippen LogP) is 4.84. The van der Waals surface area contributed by atoms with Crippen molar-refractivity contribution in [3.05, 3.63) is 53.6 Å². The second-order valence-corrected chi connectivity index (χ2v) is 12.3. The van der Waals surface area contributed by atoms with Crippen LogP contribution in [0.1, 0.15) is 76.5 Å².